The van der Waals surface area contributed by atoms with Gasteiger partial charge in [-0.25, -0.2) is 0 Å². The smallest absolute Gasteiger partial charge is 0.251 e. The van der Waals surface area contributed by atoms with Crippen molar-refractivity contribution in [1.29, 1.82) is 0 Å². The first kappa shape index (κ1) is 11.5. The van der Waals surface area contributed by atoms with Crippen molar-refractivity contribution in [2.24, 2.45) is 0 Å². The Morgan fingerprint density at radius 1 is 1.16 bits per heavy atom. The van der Waals surface area contributed by atoms with Crippen LogP contribution in [-0.4, -0.2) is 15.9 Å². The summed E-state index contributed by atoms with van der Waals surface area (Å²) < 4.78 is 0. The van der Waals surface area contributed by atoms with E-state index < -0.39 is 0 Å². The molecule has 4 heteroatoms. The number of carbonyl (C=O) groups is 1. The van der Waals surface area contributed by atoms with Crippen LogP contribution in [0.3, 0.4) is 0 Å². The van der Waals surface area contributed by atoms with Crippen LogP contribution in [0.4, 0.5) is 0 Å². The molecule has 2 N–H and O–H groups in total. The van der Waals surface area contributed by atoms with Gasteiger partial charge in [-0.3, -0.25) is 9.78 Å². The fraction of sp³-hybridized carbons (Fsp3) is 0.0667. The molecule has 3 aromatic rings. The maximum atomic E-state index is 12.0. The summed E-state index contributed by atoms with van der Waals surface area (Å²) in [5.41, 5.74) is 2.73. The Kier molecular flexibility index (Phi) is 2.98. The number of nitrogens with zero attached hydrogens (tertiary/aromatic N) is 1. The number of benzene rings is 1. The number of aromatic amines is 1. The van der Waals surface area contributed by atoms with Gasteiger partial charge >= 0.3 is 0 Å². The summed E-state index contributed by atoms with van der Waals surface area (Å²) >= 11 is 0. The number of hydrogen-bond acceptors (Lipinski definition) is 2. The predicted molar refractivity (Wildman–Crippen MR) is 73.7 cm³/mol. The molecule has 0 atom stereocenters. The van der Waals surface area contributed by atoms with Crippen LogP contribution in [0.5, 0.6) is 0 Å². The lowest BCUT2D eigenvalue weighted by Crippen LogP contribution is -2.22. The second-order valence-corrected chi connectivity index (χ2v) is 4.32. The van der Waals surface area contributed by atoms with Crippen molar-refractivity contribution in [2.75, 3.05) is 0 Å². The van der Waals surface area contributed by atoms with Crippen molar-refractivity contribution >= 4 is 16.8 Å². The number of pyridine rings is 1. The quantitative estimate of drug-likeness (QED) is 0.751. The Labute approximate surface area is 110 Å². The number of hydrogen-bond donors (Lipinski definition) is 2. The van der Waals surface area contributed by atoms with Crippen molar-refractivity contribution in [3.8, 4) is 0 Å². The molecule has 1 aromatic carbocycles. The molecule has 0 unspecified atom stereocenters. The standard InChI is InChI=1S/C15H13N3O/c19-15(18-10-11-3-6-16-7-4-11)13-1-2-14-12(9-13)5-8-17-14/h1-9,17H,10H2,(H,18,19). The second-order valence-electron chi connectivity index (χ2n) is 4.32. The fourth-order valence-corrected chi connectivity index (χ4v) is 1.98. The monoisotopic (exact) mass is 251 g/mol. The molecule has 0 spiro atoms. The Bertz CT molecular complexity index is 703. The maximum absolute atomic E-state index is 12.0. The van der Waals surface area contributed by atoms with E-state index in [0.717, 1.165) is 16.5 Å². The number of fused-ring (bicyclic) bond motifs is 1. The van der Waals surface area contributed by atoms with Crippen molar-refractivity contribution < 1.29 is 4.79 Å². The van der Waals surface area contributed by atoms with E-state index in [0.29, 0.717) is 12.1 Å². The predicted octanol–water partition coefficient (Wildman–Crippen LogP) is 2.49. The summed E-state index contributed by atoms with van der Waals surface area (Å²) in [5, 5.41) is 3.93. The van der Waals surface area contributed by atoms with Crippen LogP contribution in [0.15, 0.2) is 55.0 Å². The van der Waals surface area contributed by atoms with Gasteiger partial charge < -0.3 is 10.3 Å². The molecule has 1 amide bonds. The molecule has 0 saturated heterocycles. The highest BCUT2D eigenvalue weighted by Crippen LogP contribution is 2.14. The van der Waals surface area contributed by atoms with Crippen LogP contribution >= 0.6 is 0 Å². The summed E-state index contributed by atoms with van der Waals surface area (Å²) in [5.74, 6) is -0.0695. The van der Waals surface area contributed by atoms with Crippen molar-refractivity contribution in [3.63, 3.8) is 0 Å². The van der Waals surface area contributed by atoms with E-state index in [9.17, 15) is 4.79 Å². The van der Waals surface area contributed by atoms with Gasteiger partial charge in [0.25, 0.3) is 5.91 Å². The lowest BCUT2D eigenvalue weighted by atomic mass is 10.1. The largest absolute Gasteiger partial charge is 0.361 e. The first-order valence-electron chi connectivity index (χ1n) is 6.07. The number of carbonyl (C=O) groups excluding carboxylic acids is 1. The highest BCUT2D eigenvalue weighted by atomic mass is 16.1. The third-order valence-electron chi connectivity index (χ3n) is 3.02. The summed E-state index contributed by atoms with van der Waals surface area (Å²) in [6.45, 7) is 0.506. The average Bonchev–Trinajstić information content (AvgIpc) is 2.93. The summed E-state index contributed by atoms with van der Waals surface area (Å²) in [6.07, 6.45) is 5.30. The molecule has 2 aromatic heterocycles. The molecule has 0 saturated carbocycles. The zero-order valence-corrected chi connectivity index (χ0v) is 10.3. The van der Waals surface area contributed by atoms with Crippen LogP contribution < -0.4 is 5.32 Å². The fourth-order valence-electron chi connectivity index (χ4n) is 1.98. The van der Waals surface area contributed by atoms with Gasteiger partial charge in [-0.2, -0.15) is 0 Å². The minimum atomic E-state index is -0.0695. The molecule has 0 radical (unpaired) electrons. The van der Waals surface area contributed by atoms with E-state index in [1.54, 1.807) is 12.4 Å². The number of rotatable bonds is 3. The van der Waals surface area contributed by atoms with Gasteiger partial charge in [0, 0.05) is 41.6 Å². The van der Waals surface area contributed by atoms with Crippen molar-refractivity contribution in [2.45, 2.75) is 6.54 Å². The minimum absolute atomic E-state index is 0.0695. The van der Waals surface area contributed by atoms with Gasteiger partial charge in [0.05, 0.1) is 0 Å². The number of H-pyrrole nitrogens is 1. The topological polar surface area (TPSA) is 57.8 Å². The molecule has 0 fully saturated rings. The van der Waals surface area contributed by atoms with E-state index in [4.69, 9.17) is 0 Å². The number of amides is 1. The van der Waals surface area contributed by atoms with Crippen LogP contribution in [0, 0.1) is 0 Å². The van der Waals surface area contributed by atoms with Crippen molar-refractivity contribution in [3.05, 3.63) is 66.1 Å². The van der Waals surface area contributed by atoms with Gasteiger partial charge in [-0.15, -0.1) is 0 Å². The van der Waals surface area contributed by atoms with Gasteiger partial charge in [0.2, 0.25) is 0 Å². The third kappa shape index (κ3) is 2.47. The highest BCUT2D eigenvalue weighted by molar-refractivity contribution is 5.98. The molecule has 94 valence electrons. The molecule has 0 bridgehead atoms. The average molecular weight is 251 g/mol. The molecular formula is C15H13N3O. The molecule has 3 rings (SSSR count). The number of aromatic nitrogens is 2. The molecule has 19 heavy (non-hydrogen) atoms. The van der Waals surface area contributed by atoms with Gasteiger partial charge in [0.1, 0.15) is 0 Å². The van der Waals surface area contributed by atoms with Crippen LogP contribution in [0.2, 0.25) is 0 Å². The second kappa shape index (κ2) is 4.94. The van der Waals surface area contributed by atoms with Gasteiger partial charge in [-0.1, -0.05) is 0 Å². The molecule has 4 nitrogen and oxygen atoms in total. The van der Waals surface area contributed by atoms with E-state index in [-0.39, 0.29) is 5.91 Å². The van der Waals surface area contributed by atoms with Crippen LogP contribution in [-0.2, 0) is 6.54 Å². The van der Waals surface area contributed by atoms with Crippen molar-refractivity contribution in [1.82, 2.24) is 15.3 Å². The lowest BCUT2D eigenvalue weighted by molar-refractivity contribution is 0.0951. The Morgan fingerprint density at radius 3 is 2.84 bits per heavy atom. The molecular weight excluding hydrogens is 238 g/mol. The first-order chi connectivity index (χ1) is 9.33. The normalized spacial score (nSPS) is 10.5. The molecule has 0 aliphatic heterocycles. The van der Waals surface area contributed by atoms with E-state index in [1.807, 2.05) is 42.6 Å². The van der Waals surface area contributed by atoms with Crippen LogP contribution in [0.25, 0.3) is 10.9 Å². The summed E-state index contributed by atoms with van der Waals surface area (Å²) in [4.78, 5) is 19.1. The summed E-state index contributed by atoms with van der Waals surface area (Å²) in [6, 6.07) is 11.3. The maximum Gasteiger partial charge on any atom is 0.251 e. The Balaban J connectivity index is 1.73. The zero-order valence-electron chi connectivity index (χ0n) is 10.3. The highest BCUT2D eigenvalue weighted by Gasteiger charge is 2.06. The molecule has 0 aliphatic carbocycles. The van der Waals surface area contributed by atoms with E-state index >= 15 is 0 Å². The minimum Gasteiger partial charge on any atom is -0.361 e. The van der Waals surface area contributed by atoms with Gasteiger partial charge in [-0.05, 0) is 42.0 Å². The lowest BCUT2D eigenvalue weighted by Gasteiger charge is -2.05. The molecule has 0 aliphatic rings. The van der Waals surface area contributed by atoms with Gasteiger partial charge in [0.15, 0.2) is 0 Å². The summed E-state index contributed by atoms with van der Waals surface area (Å²) in [7, 11) is 0. The van der Waals surface area contributed by atoms with E-state index in [1.165, 1.54) is 0 Å². The Hall–Kier alpha value is -2.62. The number of nitrogens with one attached hydrogen (secondary N) is 2. The SMILES string of the molecule is O=C(NCc1ccncc1)c1ccc2[nH]ccc2c1. The molecule has 2 heterocycles. The third-order valence-corrected chi connectivity index (χ3v) is 3.02. The van der Waals surface area contributed by atoms with E-state index in [2.05, 4.69) is 15.3 Å². The first-order valence-corrected chi connectivity index (χ1v) is 6.07. The van der Waals surface area contributed by atoms with Crippen LogP contribution in [0.1, 0.15) is 15.9 Å². The zero-order chi connectivity index (χ0) is 13.1. The Morgan fingerprint density at radius 2 is 2.00 bits per heavy atom.